The van der Waals surface area contributed by atoms with Gasteiger partial charge >= 0.3 is 0 Å². The number of hydrogen-bond donors (Lipinski definition) is 1. The maximum absolute atomic E-state index is 3.95. The molecular formula is C17H27NS. The van der Waals surface area contributed by atoms with Crippen molar-refractivity contribution in [3.8, 4) is 0 Å². The molecule has 1 aliphatic rings. The Labute approximate surface area is 122 Å². The van der Waals surface area contributed by atoms with E-state index in [4.69, 9.17) is 0 Å². The zero-order valence-electron chi connectivity index (χ0n) is 12.3. The highest BCUT2D eigenvalue weighted by Crippen LogP contribution is 2.32. The minimum absolute atomic E-state index is 0.536. The van der Waals surface area contributed by atoms with Crippen LogP contribution in [0, 0.1) is 0 Å². The Bertz CT molecular complexity index is 352. The number of hydrogen-bond acceptors (Lipinski definition) is 2. The zero-order chi connectivity index (χ0) is 13.5. The Morgan fingerprint density at radius 1 is 1.21 bits per heavy atom. The van der Waals surface area contributed by atoms with Crippen LogP contribution in [0.25, 0.3) is 0 Å². The normalized spacial score (nSPS) is 24.5. The SMILES string of the molecule is CCCC(NC1CCCC1SCC)c1ccccc1. The van der Waals surface area contributed by atoms with Crippen LogP contribution in [0.4, 0.5) is 0 Å². The smallest absolute Gasteiger partial charge is 0.0323 e. The molecule has 1 saturated carbocycles. The highest BCUT2D eigenvalue weighted by molar-refractivity contribution is 7.99. The molecule has 1 aromatic carbocycles. The Kier molecular flexibility index (Phi) is 6.25. The Morgan fingerprint density at radius 2 is 2.00 bits per heavy atom. The molecule has 0 aromatic heterocycles. The molecular weight excluding hydrogens is 250 g/mol. The van der Waals surface area contributed by atoms with E-state index in [0.717, 1.165) is 5.25 Å². The summed E-state index contributed by atoms with van der Waals surface area (Å²) in [4.78, 5) is 0. The van der Waals surface area contributed by atoms with Gasteiger partial charge in [-0.2, -0.15) is 11.8 Å². The van der Waals surface area contributed by atoms with E-state index in [1.807, 2.05) is 0 Å². The lowest BCUT2D eigenvalue weighted by atomic mass is 10.0. The summed E-state index contributed by atoms with van der Waals surface area (Å²) in [5, 5.41) is 4.77. The van der Waals surface area contributed by atoms with E-state index in [-0.39, 0.29) is 0 Å². The molecule has 2 rings (SSSR count). The summed E-state index contributed by atoms with van der Waals surface area (Å²) in [6, 6.07) is 12.2. The van der Waals surface area contributed by atoms with Gasteiger partial charge in [0.2, 0.25) is 0 Å². The first-order valence-electron chi connectivity index (χ1n) is 7.77. The van der Waals surface area contributed by atoms with E-state index in [9.17, 15) is 0 Å². The van der Waals surface area contributed by atoms with Crippen LogP contribution in [0.5, 0.6) is 0 Å². The first kappa shape index (κ1) is 14.9. The molecule has 0 saturated heterocycles. The van der Waals surface area contributed by atoms with Gasteiger partial charge in [-0.05, 0) is 30.6 Å². The zero-order valence-corrected chi connectivity index (χ0v) is 13.1. The van der Waals surface area contributed by atoms with Crippen molar-refractivity contribution in [2.45, 2.75) is 63.3 Å². The topological polar surface area (TPSA) is 12.0 Å². The van der Waals surface area contributed by atoms with Crippen LogP contribution in [-0.4, -0.2) is 17.0 Å². The molecule has 1 nitrogen and oxygen atoms in total. The van der Waals surface area contributed by atoms with Gasteiger partial charge < -0.3 is 5.32 Å². The van der Waals surface area contributed by atoms with Crippen LogP contribution in [0.3, 0.4) is 0 Å². The van der Waals surface area contributed by atoms with Crippen LogP contribution < -0.4 is 5.32 Å². The Hall–Kier alpha value is -0.470. The molecule has 1 aromatic rings. The standard InChI is InChI=1S/C17H27NS/c1-3-9-15(14-10-6-5-7-11-14)18-16-12-8-13-17(16)19-4-2/h5-7,10-11,15-18H,3-4,8-9,12-13H2,1-2H3. The van der Waals surface area contributed by atoms with Gasteiger partial charge in [-0.25, -0.2) is 0 Å². The van der Waals surface area contributed by atoms with Crippen molar-refractivity contribution in [2.75, 3.05) is 5.75 Å². The molecule has 1 aliphatic carbocycles. The third-order valence-electron chi connectivity index (χ3n) is 4.03. The van der Waals surface area contributed by atoms with Crippen molar-refractivity contribution >= 4 is 11.8 Å². The van der Waals surface area contributed by atoms with Crippen molar-refractivity contribution in [1.29, 1.82) is 0 Å². The van der Waals surface area contributed by atoms with Crippen LogP contribution >= 0.6 is 11.8 Å². The predicted molar refractivity (Wildman–Crippen MR) is 86.8 cm³/mol. The third kappa shape index (κ3) is 4.25. The molecule has 106 valence electrons. The molecule has 0 heterocycles. The maximum atomic E-state index is 3.95. The highest BCUT2D eigenvalue weighted by Gasteiger charge is 2.28. The van der Waals surface area contributed by atoms with Gasteiger partial charge in [0.1, 0.15) is 0 Å². The molecule has 0 spiro atoms. The molecule has 3 atom stereocenters. The first-order chi connectivity index (χ1) is 9.35. The lowest BCUT2D eigenvalue weighted by Crippen LogP contribution is -2.37. The van der Waals surface area contributed by atoms with Gasteiger partial charge in [-0.1, -0.05) is 57.0 Å². The van der Waals surface area contributed by atoms with E-state index in [1.54, 1.807) is 0 Å². The molecule has 0 radical (unpaired) electrons. The predicted octanol–water partition coefficient (Wildman–Crippen LogP) is 4.79. The number of nitrogens with one attached hydrogen (secondary N) is 1. The summed E-state index contributed by atoms with van der Waals surface area (Å²) in [5.41, 5.74) is 1.46. The second-order valence-corrected chi connectivity index (χ2v) is 6.97. The van der Waals surface area contributed by atoms with E-state index >= 15 is 0 Å². The van der Waals surface area contributed by atoms with Gasteiger partial charge in [0, 0.05) is 17.3 Å². The first-order valence-corrected chi connectivity index (χ1v) is 8.82. The number of rotatable bonds is 7. The fourth-order valence-electron chi connectivity index (χ4n) is 3.11. The second kappa shape index (κ2) is 7.96. The molecule has 0 amide bonds. The van der Waals surface area contributed by atoms with E-state index in [1.165, 1.54) is 43.4 Å². The van der Waals surface area contributed by atoms with Crippen molar-refractivity contribution in [1.82, 2.24) is 5.32 Å². The number of benzene rings is 1. The van der Waals surface area contributed by atoms with Gasteiger partial charge in [0.15, 0.2) is 0 Å². The molecule has 3 unspecified atom stereocenters. The van der Waals surface area contributed by atoms with Crippen LogP contribution in [0.15, 0.2) is 30.3 Å². The fourth-order valence-corrected chi connectivity index (χ4v) is 4.32. The minimum atomic E-state index is 0.536. The van der Waals surface area contributed by atoms with Gasteiger partial charge in [-0.3, -0.25) is 0 Å². The number of thioether (sulfide) groups is 1. The van der Waals surface area contributed by atoms with Gasteiger partial charge in [0.25, 0.3) is 0 Å². The molecule has 0 bridgehead atoms. The Balaban J connectivity index is 2.00. The lowest BCUT2D eigenvalue weighted by Gasteiger charge is -2.27. The van der Waals surface area contributed by atoms with Crippen molar-refractivity contribution in [2.24, 2.45) is 0 Å². The lowest BCUT2D eigenvalue weighted by molar-refractivity contribution is 0.421. The molecule has 1 N–H and O–H groups in total. The van der Waals surface area contributed by atoms with Crippen LogP contribution in [-0.2, 0) is 0 Å². The van der Waals surface area contributed by atoms with Crippen molar-refractivity contribution < 1.29 is 0 Å². The summed E-state index contributed by atoms with van der Waals surface area (Å²) in [6.07, 6.45) is 6.62. The average Bonchev–Trinajstić information content (AvgIpc) is 2.87. The summed E-state index contributed by atoms with van der Waals surface area (Å²) < 4.78 is 0. The van der Waals surface area contributed by atoms with Crippen LogP contribution in [0.1, 0.15) is 57.6 Å². The van der Waals surface area contributed by atoms with Crippen molar-refractivity contribution in [3.63, 3.8) is 0 Å². The molecule has 0 aliphatic heterocycles. The van der Waals surface area contributed by atoms with Crippen LogP contribution in [0.2, 0.25) is 0 Å². The highest BCUT2D eigenvalue weighted by atomic mass is 32.2. The Morgan fingerprint density at radius 3 is 2.68 bits per heavy atom. The van der Waals surface area contributed by atoms with Crippen molar-refractivity contribution in [3.05, 3.63) is 35.9 Å². The average molecular weight is 277 g/mol. The van der Waals surface area contributed by atoms with E-state index < -0.39 is 0 Å². The molecule has 2 heteroatoms. The molecule has 19 heavy (non-hydrogen) atoms. The van der Waals surface area contributed by atoms with Gasteiger partial charge in [-0.15, -0.1) is 0 Å². The van der Waals surface area contributed by atoms with Gasteiger partial charge in [0.05, 0.1) is 0 Å². The summed E-state index contributed by atoms with van der Waals surface area (Å²) in [6.45, 7) is 4.56. The molecule has 1 fully saturated rings. The summed E-state index contributed by atoms with van der Waals surface area (Å²) in [7, 11) is 0. The monoisotopic (exact) mass is 277 g/mol. The second-order valence-electron chi connectivity index (χ2n) is 5.45. The third-order valence-corrected chi connectivity index (χ3v) is 5.35. The summed E-state index contributed by atoms with van der Waals surface area (Å²) in [5.74, 6) is 1.24. The largest absolute Gasteiger partial charge is 0.306 e. The quantitative estimate of drug-likeness (QED) is 0.769. The van der Waals surface area contributed by atoms with E-state index in [0.29, 0.717) is 12.1 Å². The fraction of sp³-hybridized carbons (Fsp3) is 0.647. The minimum Gasteiger partial charge on any atom is -0.306 e. The van der Waals surface area contributed by atoms with E-state index in [2.05, 4.69) is 61.3 Å². The summed E-state index contributed by atoms with van der Waals surface area (Å²) >= 11 is 2.14. The maximum Gasteiger partial charge on any atom is 0.0323 e.